The fraction of sp³-hybridized carbons (Fsp3) is 0.519. The third-order valence-corrected chi connectivity index (χ3v) is 6.73. The fourth-order valence-corrected chi connectivity index (χ4v) is 4.57. The van der Waals surface area contributed by atoms with Crippen LogP contribution in [0.1, 0.15) is 63.3 Å². The number of nitrogens with one attached hydrogen (secondary N) is 2. The number of amides is 1. The quantitative estimate of drug-likeness (QED) is 0.296. The van der Waals surface area contributed by atoms with E-state index in [2.05, 4.69) is 10.3 Å². The van der Waals surface area contributed by atoms with Crippen molar-refractivity contribution in [2.75, 3.05) is 24.1 Å². The molecule has 0 aliphatic carbocycles. The summed E-state index contributed by atoms with van der Waals surface area (Å²) in [6.45, 7) is 6.80. The highest BCUT2D eigenvalue weighted by Crippen LogP contribution is 2.31. The predicted molar refractivity (Wildman–Crippen MR) is 147 cm³/mol. The summed E-state index contributed by atoms with van der Waals surface area (Å²) < 4.78 is 90.4. The normalized spacial score (nSPS) is 15.8. The van der Waals surface area contributed by atoms with Gasteiger partial charge in [-0.1, -0.05) is 6.07 Å². The SMILES string of the molecule is CC(C(=O)NCc1ccc(C(F)(F)F)nc1OC1CCN(OC(=O)OC(C)(C)C)CC1)c1ccc(NS(C)(=O)=O)c(F)c1. The number of aromatic nitrogens is 1. The molecule has 2 aromatic rings. The van der Waals surface area contributed by atoms with E-state index in [1.54, 1.807) is 20.8 Å². The van der Waals surface area contributed by atoms with E-state index < -0.39 is 57.4 Å². The van der Waals surface area contributed by atoms with Gasteiger partial charge in [0.2, 0.25) is 21.8 Å². The molecule has 1 aromatic heterocycles. The van der Waals surface area contributed by atoms with E-state index >= 15 is 0 Å². The number of hydrogen-bond acceptors (Lipinski definition) is 9. The van der Waals surface area contributed by atoms with E-state index in [9.17, 15) is 35.6 Å². The molecular weight excluding hydrogens is 600 g/mol. The maximum atomic E-state index is 14.4. The first kappa shape index (κ1) is 33.8. The number of pyridine rings is 1. The first-order valence-electron chi connectivity index (χ1n) is 13.3. The van der Waals surface area contributed by atoms with Crippen molar-refractivity contribution < 1.29 is 49.9 Å². The number of carbonyl (C=O) groups excluding carboxylic acids is 2. The highest BCUT2D eigenvalue weighted by molar-refractivity contribution is 7.92. The zero-order valence-corrected chi connectivity index (χ0v) is 25.1. The number of piperidine rings is 1. The van der Waals surface area contributed by atoms with Crippen LogP contribution < -0.4 is 14.8 Å². The maximum absolute atomic E-state index is 14.4. The lowest BCUT2D eigenvalue weighted by Gasteiger charge is -2.31. The number of ether oxygens (including phenoxy) is 2. The highest BCUT2D eigenvalue weighted by atomic mass is 32.2. The van der Waals surface area contributed by atoms with Crippen molar-refractivity contribution in [3.63, 3.8) is 0 Å². The third-order valence-electron chi connectivity index (χ3n) is 6.14. The Hall–Kier alpha value is -3.66. The summed E-state index contributed by atoms with van der Waals surface area (Å²) in [6.07, 6.45) is -4.68. The molecule has 0 radical (unpaired) electrons. The number of hydrogen-bond donors (Lipinski definition) is 2. The number of rotatable bonds is 9. The average Bonchev–Trinajstić information content (AvgIpc) is 2.87. The molecule has 1 fully saturated rings. The molecule has 1 amide bonds. The van der Waals surface area contributed by atoms with Crippen molar-refractivity contribution >= 4 is 27.8 Å². The first-order chi connectivity index (χ1) is 19.8. The molecule has 1 unspecified atom stereocenters. The van der Waals surface area contributed by atoms with Crippen LogP contribution in [0.2, 0.25) is 0 Å². The van der Waals surface area contributed by atoms with Gasteiger partial charge in [0.15, 0.2) is 0 Å². The van der Waals surface area contributed by atoms with Gasteiger partial charge in [0.25, 0.3) is 0 Å². The molecule has 1 aliphatic heterocycles. The van der Waals surface area contributed by atoms with Gasteiger partial charge < -0.3 is 19.6 Å². The van der Waals surface area contributed by atoms with Gasteiger partial charge in [0.1, 0.15) is 23.2 Å². The number of anilines is 1. The molecule has 0 spiro atoms. The fourth-order valence-electron chi connectivity index (χ4n) is 4.01. The molecule has 0 saturated carbocycles. The van der Waals surface area contributed by atoms with Gasteiger partial charge in [-0.3, -0.25) is 9.52 Å². The molecule has 1 aliphatic rings. The van der Waals surface area contributed by atoms with Crippen LogP contribution in [-0.2, 0) is 37.1 Å². The zero-order chi connectivity index (χ0) is 32.2. The largest absolute Gasteiger partial charge is 0.528 e. The van der Waals surface area contributed by atoms with E-state index in [4.69, 9.17) is 14.3 Å². The monoisotopic (exact) mass is 634 g/mol. The Kier molecular flexibility index (Phi) is 10.5. The van der Waals surface area contributed by atoms with E-state index in [1.165, 1.54) is 24.1 Å². The standard InChI is InChI=1S/C27H34F4N4O7S/c1-16(17-6-8-21(20(28)14-17)34-43(5,38)39)23(36)32-15-18-7-9-22(27(29,30)31)33-24(18)40-19-10-12-35(13-11-19)42-25(37)41-26(2,3)4/h6-9,14,16,19,34H,10-13,15H2,1-5H3,(H,32,36). The summed E-state index contributed by atoms with van der Waals surface area (Å²) in [7, 11) is -3.71. The molecule has 1 atom stereocenters. The minimum Gasteiger partial charge on any atom is -0.474 e. The zero-order valence-electron chi connectivity index (χ0n) is 24.2. The van der Waals surface area contributed by atoms with E-state index in [0.717, 1.165) is 24.5 Å². The van der Waals surface area contributed by atoms with Crippen LogP contribution in [0.5, 0.6) is 5.88 Å². The van der Waals surface area contributed by atoms with E-state index in [1.807, 2.05) is 4.72 Å². The van der Waals surface area contributed by atoms with Crippen LogP contribution in [0, 0.1) is 5.82 Å². The number of carbonyl (C=O) groups is 2. The van der Waals surface area contributed by atoms with Gasteiger partial charge in [-0.2, -0.15) is 13.2 Å². The lowest BCUT2D eigenvalue weighted by atomic mass is 9.99. The maximum Gasteiger partial charge on any atom is 0.528 e. The predicted octanol–water partition coefficient (Wildman–Crippen LogP) is 4.74. The van der Waals surface area contributed by atoms with Crippen molar-refractivity contribution in [1.82, 2.24) is 15.4 Å². The minimum atomic E-state index is -4.73. The summed E-state index contributed by atoms with van der Waals surface area (Å²) in [5.74, 6) is -2.64. The van der Waals surface area contributed by atoms with Crippen LogP contribution in [0.25, 0.3) is 0 Å². The van der Waals surface area contributed by atoms with E-state index in [0.29, 0.717) is 12.8 Å². The van der Waals surface area contributed by atoms with Crippen molar-refractivity contribution in [3.8, 4) is 5.88 Å². The Bertz CT molecular complexity index is 1420. The summed E-state index contributed by atoms with van der Waals surface area (Å²) in [5.41, 5.74) is -1.76. The van der Waals surface area contributed by atoms with Crippen molar-refractivity contribution in [1.29, 1.82) is 0 Å². The summed E-state index contributed by atoms with van der Waals surface area (Å²) >= 11 is 0. The van der Waals surface area contributed by atoms with Crippen molar-refractivity contribution in [2.45, 2.75) is 70.9 Å². The second-order valence-electron chi connectivity index (χ2n) is 11.0. The van der Waals surface area contributed by atoms with Gasteiger partial charge in [-0.25, -0.2) is 22.6 Å². The van der Waals surface area contributed by atoms with Gasteiger partial charge in [0.05, 0.1) is 17.9 Å². The van der Waals surface area contributed by atoms with Crippen molar-refractivity contribution in [3.05, 3.63) is 53.0 Å². The molecule has 16 heteroatoms. The molecule has 238 valence electrons. The second kappa shape index (κ2) is 13.3. The molecule has 2 heterocycles. The van der Waals surface area contributed by atoms with Crippen LogP contribution in [0.4, 0.5) is 28.0 Å². The Morgan fingerprint density at radius 3 is 2.33 bits per heavy atom. The summed E-state index contributed by atoms with van der Waals surface area (Å²) in [5, 5.41) is 3.98. The lowest BCUT2D eigenvalue weighted by molar-refractivity contribution is -0.159. The van der Waals surface area contributed by atoms with Crippen LogP contribution >= 0.6 is 0 Å². The van der Waals surface area contributed by atoms with Crippen LogP contribution in [0.15, 0.2) is 30.3 Å². The Morgan fingerprint density at radius 2 is 1.77 bits per heavy atom. The summed E-state index contributed by atoms with van der Waals surface area (Å²) in [4.78, 5) is 33.6. The second-order valence-corrected chi connectivity index (χ2v) is 12.8. The first-order valence-corrected chi connectivity index (χ1v) is 15.1. The Labute approximate surface area is 246 Å². The van der Waals surface area contributed by atoms with Gasteiger partial charge in [0, 0.05) is 38.0 Å². The third kappa shape index (κ3) is 10.5. The number of alkyl halides is 3. The number of halogens is 4. The number of hydroxylamine groups is 2. The molecule has 3 rings (SSSR count). The molecule has 2 N–H and O–H groups in total. The smallest absolute Gasteiger partial charge is 0.474 e. The Balaban J connectivity index is 1.66. The number of benzene rings is 1. The number of nitrogens with zero attached hydrogens (tertiary/aromatic N) is 2. The molecular formula is C27H34F4N4O7S. The van der Waals surface area contributed by atoms with Crippen LogP contribution in [-0.4, -0.2) is 61.6 Å². The van der Waals surface area contributed by atoms with Crippen molar-refractivity contribution in [2.24, 2.45) is 0 Å². The van der Waals surface area contributed by atoms with Crippen LogP contribution in [0.3, 0.4) is 0 Å². The summed E-state index contributed by atoms with van der Waals surface area (Å²) in [6, 6.07) is 5.52. The van der Waals surface area contributed by atoms with Gasteiger partial charge >= 0.3 is 12.3 Å². The molecule has 1 saturated heterocycles. The topological polar surface area (TPSA) is 136 Å². The molecule has 11 nitrogen and oxygen atoms in total. The molecule has 1 aromatic carbocycles. The van der Waals surface area contributed by atoms with E-state index in [-0.39, 0.29) is 42.3 Å². The lowest BCUT2D eigenvalue weighted by Crippen LogP contribution is -2.40. The highest BCUT2D eigenvalue weighted by Gasteiger charge is 2.34. The molecule has 43 heavy (non-hydrogen) atoms. The van der Waals surface area contributed by atoms with Gasteiger partial charge in [-0.15, -0.1) is 5.06 Å². The average molecular weight is 635 g/mol. The molecule has 0 bridgehead atoms. The Morgan fingerprint density at radius 1 is 1.12 bits per heavy atom. The van der Waals surface area contributed by atoms with Gasteiger partial charge in [-0.05, 0) is 57.5 Å². The minimum absolute atomic E-state index is 0.180. The number of sulfonamides is 1.